The fourth-order valence-electron chi connectivity index (χ4n) is 5.78. The summed E-state index contributed by atoms with van der Waals surface area (Å²) in [7, 11) is 0. The minimum atomic E-state index is -0.470. The van der Waals surface area contributed by atoms with Crippen molar-refractivity contribution < 1.29 is 14.3 Å². The molecule has 4 aromatic rings. The molecule has 5 nitrogen and oxygen atoms in total. The molecule has 1 fully saturated rings. The molecule has 1 aliphatic rings. The molecule has 4 aromatic carbocycles. The molecule has 1 saturated heterocycles. The van der Waals surface area contributed by atoms with Crippen molar-refractivity contribution in [3.63, 3.8) is 0 Å². The number of nitrogens with zero attached hydrogens (tertiary/aromatic N) is 1. The molecule has 0 radical (unpaired) electrons. The average molecular weight is 589 g/mol. The number of hydrogen-bond donors (Lipinski definition) is 1. The van der Waals surface area contributed by atoms with Crippen molar-refractivity contribution in [2.45, 2.75) is 52.0 Å². The molecule has 1 aliphatic heterocycles. The van der Waals surface area contributed by atoms with Gasteiger partial charge in [-0.25, -0.2) is 4.79 Å². The number of ether oxygens (including phenoxy) is 2. The fourth-order valence-corrected chi connectivity index (χ4v) is 5.78. The van der Waals surface area contributed by atoms with Gasteiger partial charge in [0.1, 0.15) is 18.1 Å². The summed E-state index contributed by atoms with van der Waals surface area (Å²) in [4.78, 5) is 15.0. The summed E-state index contributed by atoms with van der Waals surface area (Å²) in [5.74, 6) is 1.40. The van der Waals surface area contributed by atoms with Crippen LogP contribution < -0.4 is 14.8 Å². The Kier molecular flexibility index (Phi) is 11.6. The Balaban J connectivity index is 1.30. The summed E-state index contributed by atoms with van der Waals surface area (Å²) >= 11 is 0. The van der Waals surface area contributed by atoms with Crippen molar-refractivity contribution in [1.82, 2.24) is 10.2 Å². The Labute approximate surface area is 262 Å². The van der Waals surface area contributed by atoms with Crippen LogP contribution in [0.1, 0.15) is 61.3 Å². The van der Waals surface area contributed by atoms with E-state index < -0.39 is 6.09 Å². The van der Waals surface area contributed by atoms with E-state index in [2.05, 4.69) is 71.7 Å². The second-order valence-electron chi connectivity index (χ2n) is 11.4. The van der Waals surface area contributed by atoms with Gasteiger partial charge in [0, 0.05) is 13.1 Å². The van der Waals surface area contributed by atoms with Crippen LogP contribution in [0.4, 0.5) is 4.79 Å². The van der Waals surface area contributed by atoms with E-state index in [4.69, 9.17) is 9.47 Å². The average Bonchev–Trinajstić information content (AvgIpc) is 3.35. The van der Waals surface area contributed by atoms with Crippen LogP contribution in [0.15, 0.2) is 115 Å². The maximum Gasteiger partial charge on any atom is 0.412 e. The Bertz CT molecular complexity index is 1460. The minimum absolute atomic E-state index is 0.419. The number of rotatable bonds is 12. The topological polar surface area (TPSA) is 50.8 Å². The number of nitrogens with one attached hydrogen (secondary N) is 1. The summed E-state index contributed by atoms with van der Waals surface area (Å²) in [6.07, 6.45) is 6.58. The lowest BCUT2D eigenvalue weighted by Gasteiger charge is -2.20. The highest BCUT2D eigenvalue weighted by Gasteiger charge is 2.14. The van der Waals surface area contributed by atoms with Crippen molar-refractivity contribution in [2.75, 3.05) is 26.2 Å². The van der Waals surface area contributed by atoms with E-state index in [0.717, 1.165) is 41.8 Å². The summed E-state index contributed by atoms with van der Waals surface area (Å²) in [6, 6.07) is 36.7. The van der Waals surface area contributed by atoms with Crippen LogP contribution >= 0.6 is 0 Å². The highest BCUT2D eigenvalue weighted by Crippen LogP contribution is 2.32. The zero-order chi connectivity index (χ0) is 30.4. The third kappa shape index (κ3) is 9.32. The molecular weight excluding hydrogens is 544 g/mol. The first-order valence-corrected chi connectivity index (χ1v) is 16.0. The van der Waals surface area contributed by atoms with Gasteiger partial charge in [0.25, 0.3) is 0 Å². The van der Waals surface area contributed by atoms with Gasteiger partial charge in [0.05, 0.1) is 0 Å². The molecule has 0 spiro atoms. The molecule has 0 unspecified atom stereocenters. The van der Waals surface area contributed by atoms with Crippen molar-refractivity contribution in [2.24, 2.45) is 0 Å². The van der Waals surface area contributed by atoms with Gasteiger partial charge in [-0.15, -0.1) is 0 Å². The van der Waals surface area contributed by atoms with Gasteiger partial charge >= 0.3 is 6.09 Å². The summed E-state index contributed by atoms with van der Waals surface area (Å²) < 4.78 is 11.7. The third-order valence-electron chi connectivity index (χ3n) is 8.19. The summed E-state index contributed by atoms with van der Waals surface area (Å²) in [5, 5.41) is 2.82. The zero-order valence-electron chi connectivity index (χ0n) is 25.8. The Hall–Kier alpha value is -4.35. The maximum atomic E-state index is 12.4. The smallest absolute Gasteiger partial charge is 0.412 e. The van der Waals surface area contributed by atoms with Crippen molar-refractivity contribution in [1.29, 1.82) is 0 Å². The quantitative estimate of drug-likeness (QED) is 0.180. The number of benzene rings is 4. The molecule has 1 amide bonds. The van der Waals surface area contributed by atoms with E-state index in [0.29, 0.717) is 18.9 Å². The van der Waals surface area contributed by atoms with E-state index in [1.165, 1.54) is 55.5 Å². The van der Waals surface area contributed by atoms with E-state index in [9.17, 15) is 4.79 Å². The van der Waals surface area contributed by atoms with Gasteiger partial charge in [0.15, 0.2) is 0 Å². The lowest BCUT2D eigenvalue weighted by atomic mass is 9.88. The van der Waals surface area contributed by atoms with Crippen molar-refractivity contribution >= 4 is 11.7 Å². The van der Waals surface area contributed by atoms with Gasteiger partial charge < -0.3 is 14.8 Å². The molecule has 1 heterocycles. The normalized spacial score (nSPS) is 14.3. The third-order valence-corrected chi connectivity index (χ3v) is 8.19. The first-order chi connectivity index (χ1) is 21.7. The van der Waals surface area contributed by atoms with Crippen molar-refractivity contribution in [3.8, 4) is 11.5 Å². The predicted molar refractivity (Wildman–Crippen MR) is 179 cm³/mol. The standard InChI is InChI=1S/C39H44N2O3/c1-2-33(29-31-13-7-5-8-14-31)38(34-17-21-36(22-18-34)43-28-27-41-25-11-3-4-12-26-41)35-19-23-37(24-20-35)44-39(42)40-30-32-15-9-6-10-16-32/h5-10,13-24H,2-4,11-12,25-30H2,1H3,(H,40,42)/b38-33-. The van der Waals surface area contributed by atoms with Gasteiger partial charge in [-0.3, -0.25) is 4.90 Å². The summed E-state index contributed by atoms with van der Waals surface area (Å²) in [6.45, 7) is 6.67. The maximum absolute atomic E-state index is 12.4. The molecule has 44 heavy (non-hydrogen) atoms. The van der Waals surface area contributed by atoms with Crippen LogP contribution in [0.5, 0.6) is 11.5 Å². The molecule has 0 bridgehead atoms. The van der Waals surface area contributed by atoms with Crippen LogP contribution in [-0.4, -0.2) is 37.2 Å². The highest BCUT2D eigenvalue weighted by atomic mass is 16.6. The van der Waals surface area contributed by atoms with Gasteiger partial charge in [-0.05, 0) is 90.9 Å². The SMILES string of the molecule is CC/C(Cc1ccccc1)=C(\c1ccc(OCCN2CCCCCC2)cc1)c1ccc(OC(=O)NCc2ccccc2)cc1. The van der Waals surface area contributed by atoms with E-state index in [1.807, 2.05) is 54.6 Å². The number of amides is 1. The lowest BCUT2D eigenvalue weighted by molar-refractivity contribution is 0.200. The van der Waals surface area contributed by atoms with E-state index in [-0.39, 0.29) is 0 Å². The second kappa shape index (κ2) is 16.5. The molecule has 0 aliphatic carbocycles. The Morgan fingerprint density at radius 1 is 0.705 bits per heavy atom. The molecule has 0 atom stereocenters. The first kappa shape index (κ1) is 31.1. The minimum Gasteiger partial charge on any atom is -0.492 e. The molecular formula is C39H44N2O3. The molecule has 1 N–H and O–H groups in total. The second-order valence-corrected chi connectivity index (χ2v) is 11.4. The first-order valence-electron chi connectivity index (χ1n) is 16.0. The number of carbonyl (C=O) groups is 1. The largest absolute Gasteiger partial charge is 0.492 e. The van der Waals surface area contributed by atoms with Crippen LogP contribution in [-0.2, 0) is 13.0 Å². The molecule has 0 saturated carbocycles. The van der Waals surface area contributed by atoms with Crippen LogP contribution in [0.2, 0.25) is 0 Å². The molecule has 228 valence electrons. The van der Waals surface area contributed by atoms with Crippen LogP contribution in [0.3, 0.4) is 0 Å². The lowest BCUT2D eigenvalue weighted by Crippen LogP contribution is -2.29. The number of carbonyl (C=O) groups excluding carboxylic acids is 1. The fraction of sp³-hybridized carbons (Fsp3) is 0.308. The van der Waals surface area contributed by atoms with E-state index >= 15 is 0 Å². The number of allylic oxidation sites excluding steroid dienone is 1. The van der Waals surface area contributed by atoms with E-state index in [1.54, 1.807) is 0 Å². The predicted octanol–water partition coefficient (Wildman–Crippen LogP) is 8.68. The van der Waals surface area contributed by atoms with Gasteiger partial charge in [-0.1, -0.05) is 110 Å². The summed E-state index contributed by atoms with van der Waals surface area (Å²) in [5.41, 5.74) is 7.09. The number of hydrogen-bond acceptors (Lipinski definition) is 4. The molecule has 5 heteroatoms. The monoisotopic (exact) mass is 588 g/mol. The zero-order valence-corrected chi connectivity index (χ0v) is 25.8. The number of likely N-dealkylation sites (tertiary alicyclic amines) is 1. The van der Waals surface area contributed by atoms with Gasteiger partial charge in [0.2, 0.25) is 0 Å². The van der Waals surface area contributed by atoms with Crippen LogP contribution in [0.25, 0.3) is 5.57 Å². The van der Waals surface area contributed by atoms with Gasteiger partial charge in [-0.2, -0.15) is 0 Å². The molecule has 5 rings (SSSR count). The van der Waals surface area contributed by atoms with Crippen LogP contribution in [0, 0.1) is 0 Å². The highest BCUT2D eigenvalue weighted by molar-refractivity contribution is 5.83. The molecule has 0 aromatic heterocycles. The Morgan fingerprint density at radius 2 is 1.27 bits per heavy atom. The van der Waals surface area contributed by atoms with Crippen molar-refractivity contribution in [3.05, 3.63) is 137 Å². The Morgan fingerprint density at radius 3 is 1.86 bits per heavy atom.